The van der Waals surface area contributed by atoms with Gasteiger partial charge in [0.2, 0.25) is 0 Å². The molecule has 2 heterocycles. The molecule has 5 atom stereocenters. The lowest BCUT2D eigenvalue weighted by atomic mass is 9.92. The summed E-state index contributed by atoms with van der Waals surface area (Å²) in [5, 5.41) is 9.44. The van der Waals surface area contributed by atoms with E-state index in [9.17, 15) is 10.1 Å². The summed E-state index contributed by atoms with van der Waals surface area (Å²) in [4.78, 5) is 14.8. The van der Waals surface area contributed by atoms with Gasteiger partial charge in [0.1, 0.15) is 12.1 Å². The second-order valence-corrected chi connectivity index (χ2v) is 7.41. The van der Waals surface area contributed by atoms with Crippen LogP contribution in [-0.2, 0) is 14.2 Å². The summed E-state index contributed by atoms with van der Waals surface area (Å²) in [5.74, 6) is -1.08. The zero-order chi connectivity index (χ0) is 20.4. The van der Waals surface area contributed by atoms with Crippen molar-refractivity contribution in [2.24, 2.45) is 0 Å². The second-order valence-electron chi connectivity index (χ2n) is 7.41. The van der Waals surface area contributed by atoms with Crippen LogP contribution in [0.15, 0.2) is 60.7 Å². The molecule has 0 aliphatic carbocycles. The third-order valence-corrected chi connectivity index (χ3v) is 5.62. The fourth-order valence-corrected chi connectivity index (χ4v) is 4.38. The lowest BCUT2D eigenvalue weighted by Crippen LogP contribution is -2.51. The normalized spacial score (nSPS) is 31.5. The summed E-state index contributed by atoms with van der Waals surface area (Å²) in [6.45, 7) is 4.07. The molecule has 0 aromatic heterocycles. The van der Waals surface area contributed by atoms with E-state index in [0.717, 1.165) is 11.1 Å². The predicted molar refractivity (Wildman–Crippen MR) is 106 cm³/mol. The van der Waals surface area contributed by atoms with E-state index in [1.807, 2.05) is 67.6 Å². The number of nitriles is 1. The molecule has 6 nitrogen and oxygen atoms in total. The van der Waals surface area contributed by atoms with Gasteiger partial charge >= 0.3 is 6.09 Å². The predicted octanol–water partition coefficient (Wildman–Crippen LogP) is 4.35. The van der Waals surface area contributed by atoms with Crippen LogP contribution in [0, 0.1) is 11.3 Å². The molecule has 4 rings (SSSR count). The Balaban J connectivity index is 1.78. The van der Waals surface area contributed by atoms with Gasteiger partial charge in [0.25, 0.3) is 0 Å². The molecule has 2 saturated heterocycles. The third kappa shape index (κ3) is 3.48. The minimum absolute atomic E-state index is 0.350. The Hall–Kier alpha value is -2.88. The number of rotatable bonds is 5. The molecular weight excluding hydrogens is 368 g/mol. The number of carbonyl (C=O) groups excluding carboxylic acids is 1. The van der Waals surface area contributed by atoms with Gasteiger partial charge < -0.3 is 14.2 Å². The number of carbonyl (C=O) groups is 1. The van der Waals surface area contributed by atoms with E-state index >= 15 is 0 Å². The van der Waals surface area contributed by atoms with Gasteiger partial charge in [-0.25, -0.2) is 4.79 Å². The molecule has 0 spiro atoms. The van der Waals surface area contributed by atoms with E-state index in [1.165, 1.54) is 0 Å². The van der Waals surface area contributed by atoms with Crippen molar-refractivity contribution in [2.45, 2.75) is 50.3 Å². The maximum Gasteiger partial charge on any atom is 0.411 e. The Bertz CT molecular complexity index is 898. The average molecular weight is 392 g/mol. The minimum Gasteiger partial charge on any atom is -0.439 e. The van der Waals surface area contributed by atoms with E-state index in [4.69, 9.17) is 14.2 Å². The molecule has 2 fully saturated rings. The van der Waals surface area contributed by atoms with Crippen molar-refractivity contribution < 1.29 is 19.0 Å². The van der Waals surface area contributed by atoms with Gasteiger partial charge in [-0.1, -0.05) is 60.7 Å². The summed E-state index contributed by atoms with van der Waals surface area (Å²) >= 11 is 0. The van der Waals surface area contributed by atoms with Gasteiger partial charge in [-0.3, -0.25) is 4.90 Å². The van der Waals surface area contributed by atoms with Crippen molar-refractivity contribution in [1.82, 2.24) is 4.90 Å². The quantitative estimate of drug-likeness (QED) is 0.756. The first-order chi connectivity index (χ1) is 14.1. The number of hydrogen-bond acceptors (Lipinski definition) is 5. The molecule has 0 radical (unpaired) electrons. The summed E-state index contributed by atoms with van der Waals surface area (Å²) in [7, 11) is 0. The Kier molecular flexibility index (Phi) is 5.27. The van der Waals surface area contributed by atoms with Crippen LogP contribution >= 0.6 is 0 Å². The van der Waals surface area contributed by atoms with E-state index in [0.29, 0.717) is 13.0 Å². The Labute approximate surface area is 170 Å². The molecule has 0 bridgehead atoms. The van der Waals surface area contributed by atoms with E-state index in [-0.39, 0.29) is 6.04 Å². The third-order valence-electron chi connectivity index (χ3n) is 5.62. The van der Waals surface area contributed by atoms with Gasteiger partial charge in [-0.2, -0.15) is 5.26 Å². The van der Waals surface area contributed by atoms with Gasteiger partial charge in [0, 0.05) is 13.0 Å². The summed E-state index contributed by atoms with van der Waals surface area (Å²) < 4.78 is 17.7. The number of nitrogens with zero attached hydrogens (tertiary/aromatic N) is 2. The Morgan fingerprint density at radius 1 is 1.14 bits per heavy atom. The molecule has 0 unspecified atom stereocenters. The largest absolute Gasteiger partial charge is 0.439 e. The van der Waals surface area contributed by atoms with Crippen LogP contribution in [0.25, 0.3) is 0 Å². The Morgan fingerprint density at radius 2 is 1.76 bits per heavy atom. The van der Waals surface area contributed by atoms with E-state index in [2.05, 4.69) is 6.07 Å². The first kappa shape index (κ1) is 19.4. The van der Waals surface area contributed by atoms with Crippen molar-refractivity contribution >= 4 is 6.09 Å². The molecule has 0 N–H and O–H groups in total. The first-order valence-electron chi connectivity index (χ1n) is 9.87. The van der Waals surface area contributed by atoms with Gasteiger partial charge in [-0.15, -0.1) is 0 Å². The maximum absolute atomic E-state index is 13.1. The zero-order valence-corrected chi connectivity index (χ0v) is 16.5. The minimum atomic E-state index is -1.08. The molecule has 2 aliphatic rings. The molecule has 1 amide bonds. The fraction of sp³-hybridized carbons (Fsp3) is 0.391. The van der Waals surface area contributed by atoms with Gasteiger partial charge in [0.15, 0.2) is 11.9 Å². The van der Waals surface area contributed by atoms with Crippen LogP contribution < -0.4 is 0 Å². The number of benzene rings is 2. The van der Waals surface area contributed by atoms with E-state index < -0.39 is 30.1 Å². The molecule has 0 saturated carbocycles. The molecule has 150 valence electrons. The van der Waals surface area contributed by atoms with Crippen molar-refractivity contribution in [2.75, 3.05) is 6.61 Å². The monoisotopic (exact) mass is 392 g/mol. The topological polar surface area (TPSA) is 71.8 Å². The second kappa shape index (κ2) is 7.86. The molecular formula is C23H24N2O4. The SMILES string of the molecule is CCO[C@]1(C)O[C@H](C#N)C[C@H]1N1C(=O)O[C@@H](c2ccccc2)[C@H]1c1ccccc1. The van der Waals surface area contributed by atoms with Crippen LogP contribution in [0.1, 0.15) is 43.5 Å². The standard InChI is InChI=1S/C23H24N2O4/c1-3-27-23(2)19(14-18(15-24)29-23)25-20(16-10-6-4-7-11-16)21(28-22(25)26)17-12-8-5-9-13-17/h4-13,18-21H,3,14H2,1-2H3/t18-,19+,20+,21-,23+/m0/s1. The summed E-state index contributed by atoms with van der Waals surface area (Å²) in [6.07, 6.45) is -1.16. The number of cyclic esters (lactones) is 1. The smallest absolute Gasteiger partial charge is 0.411 e. The molecule has 2 aromatic carbocycles. The summed E-state index contributed by atoms with van der Waals surface area (Å²) in [5.41, 5.74) is 1.89. The maximum atomic E-state index is 13.1. The van der Waals surface area contributed by atoms with Crippen molar-refractivity contribution in [3.63, 3.8) is 0 Å². The van der Waals surface area contributed by atoms with Crippen LogP contribution in [0.4, 0.5) is 4.79 Å². The number of ether oxygens (including phenoxy) is 3. The van der Waals surface area contributed by atoms with Crippen LogP contribution in [0.5, 0.6) is 0 Å². The number of hydrogen-bond donors (Lipinski definition) is 0. The zero-order valence-electron chi connectivity index (χ0n) is 16.5. The average Bonchev–Trinajstić information content (AvgIpc) is 3.26. The molecule has 2 aliphatic heterocycles. The highest BCUT2D eigenvalue weighted by Crippen LogP contribution is 2.48. The van der Waals surface area contributed by atoms with Crippen molar-refractivity contribution in [3.05, 3.63) is 71.8 Å². The van der Waals surface area contributed by atoms with Crippen molar-refractivity contribution in [1.29, 1.82) is 5.26 Å². The highest BCUT2D eigenvalue weighted by Gasteiger charge is 2.57. The Morgan fingerprint density at radius 3 is 2.34 bits per heavy atom. The van der Waals surface area contributed by atoms with Gasteiger partial charge in [0.05, 0.1) is 12.1 Å². The highest BCUT2D eigenvalue weighted by molar-refractivity contribution is 5.72. The lowest BCUT2D eigenvalue weighted by Gasteiger charge is -2.37. The number of amides is 1. The highest BCUT2D eigenvalue weighted by atomic mass is 16.7. The lowest BCUT2D eigenvalue weighted by molar-refractivity contribution is -0.225. The van der Waals surface area contributed by atoms with Crippen LogP contribution in [0.2, 0.25) is 0 Å². The van der Waals surface area contributed by atoms with E-state index in [1.54, 1.807) is 11.8 Å². The molecule has 2 aromatic rings. The van der Waals surface area contributed by atoms with Crippen LogP contribution in [0.3, 0.4) is 0 Å². The van der Waals surface area contributed by atoms with Gasteiger partial charge in [-0.05, 0) is 25.0 Å². The van der Waals surface area contributed by atoms with Crippen molar-refractivity contribution in [3.8, 4) is 6.07 Å². The molecule has 6 heteroatoms. The summed E-state index contributed by atoms with van der Waals surface area (Å²) in [6, 6.07) is 20.9. The fourth-order valence-electron chi connectivity index (χ4n) is 4.38. The molecule has 29 heavy (non-hydrogen) atoms. The first-order valence-corrected chi connectivity index (χ1v) is 9.87. The van der Waals surface area contributed by atoms with Crippen LogP contribution in [-0.4, -0.2) is 35.5 Å².